The minimum Gasteiger partial charge on any atom is -0.462 e. The second-order valence-corrected chi connectivity index (χ2v) is 10.3. The topological polar surface area (TPSA) is 24.9 Å². The van der Waals surface area contributed by atoms with E-state index in [1.165, 1.54) is 22.5 Å². The number of fused-ring (bicyclic) bond motifs is 7. The smallest absolute Gasteiger partial charge is 0.229 e. The van der Waals surface area contributed by atoms with E-state index in [0.717, 1.165) is 24.6 Å². The fraction of sp³-hybridized carbons (Fsp3) is 0.500. The summed E-state index contributed by atoms with van der Waals surface area (Å²) in [5, 5.41) is 0. The van der Waals surface area contributed by atoms with Gasteiger partial charge in [-0.3, -0.25) is 0 Å². The van der Waals surface area contributed by atoms with E-state index in [1.807, 2.05) is 0 Å². The van der Waals surface area contributed by atoms with Gasteiger partial charge in [-0.15, -0.1) is 0 Å². The van der Waals surface area contributed by atoms with E-state index in [2.05, 4.69) is 87.7 Å². The Balaban J connectivity index is 1.47. The lowest BCUT2D eigenvalue weighted by molar-refractivity contribution is 0.0649. The van der Waals surface area contributed by atoms with E-state index in [0.29, 0.717) is 0 Å². The highest BCUT2D eigenvalue weighted by Gasteiger charge is 2.49. The molecule has 0 unspecified atom stereocenters. The largest absolute Gasteiger partial charge is 0.462 e. The Hall–Kier alpha value is -2.36. The molecule has 1 fully saturated rings. The van der Waals surface area contributed by atoms with Crippen LogP contribution in [0.5, 0.6) is 11.5 Å². The summed E-state index contributed by atoms with van der Waals surface area (Å²) in [5.74, 6) is 1.93. The summed E-state index contributed by atoms with van der Waals surface area (Å²) in [7, 11) is 0. The fourth-order valence-corrected chi connectivity index (χ4v) is 4.41. The standard InChI is InChI=1S/C24H30N2O2/c1-23(2,3)15-7-9-19-17(13-15)25-11-12-26-18-14-16(24(4,5)6)8-10-20(18)28-22(26)21(25)27-19/h7-10,13-14,21-22H,11-12H2,1-6H3/t21-,22-/m0/s1. The Kier molecular flexibility index (Phi) is 3.54. The van der Waals surface area contributed by atoms with Crippen LogP contribution in [0.3, 0.4) is 0 Å². The first-order valence-electron chi connectivity index (χ1n) is 10.3. The van der Waals surface area contributed by atoms with Crippen molar-refractivity contribution in [3.05, 3.63) is 47.5 Å². The molecule has 148 valence electrons. The molecule has 2 atom stereocenters. The molecule has 2 aromatic carbocycles. The van der Waals surface area contributed by atoms with Crippen LogP contribution in [0, 0.1) is 0 Å². The van der Waals surface area contributed by atoms with Gasteiger partial charge in [-0.2, -0.15) is 0 Å². The van der Waals surface area contributed by atoms with Gasteiger partial charge in [-0.1, -0.05) is 53.7 Å². The third kappa shape index (κ3) is 2.57. The molecule has 0 saturated carbocycles. The zero-order valence-electron chi connectivity index (χ0n) is 17.7. The highest BCUT2D eigenvalue weighted by atomic mass is 16.6. The number of hydrogen-bond acceptors (Lipinski definition) is 4. The number of benzene rings is 2. The van der Waals surface area contributed by atoms with Crippen LogP contribution in [0.1, 0.15) is 52.7 Å². The Morgan fingerprint density at radius 3 is 1.43 bits per heavy atom. The van der Waals surface area contributed by atoms with E-state index in [-0.39, 0.29) is 23.3 Å². The molecule has 3 heterocycles. The molecule has 0 aliphatic carbocycles. The molecule has 3 aliphatic heterocycles. The highest BCUT2D eigenvalue weighted by molar-refractivity contribution is 5.70. The van der Waals surface area contributed by atoms with Crippen molar-refractivity contribution in [2.45, 2.75) is 64.8 Å². The normalized spacial score (nSPS) is 22.8. The molecular weight excluding hydrogens is 348 g/mol. The van der Waals surface area contributed by atoms with E-state index in [1.54, 1.807) is 0 Å². The fourth-order valence-electron chi connectivity index (χ4n) is 4.41. The molecule has 0 N–H and O–H groups in total. The summed E-state index contributed by atoms with van der Waals surface area (Å²) in [6.07, 6.45) is -0.214. The van der Waals surface area contributed by atoms with E-state index < -0.39 is 0 Å². The van der Waals surface area contributed by atoms with Gasteiger partial charge in [0.1, 0.15) is 11.5 Å². The first kappa shape index (κ1) is 17.7. The monoisotopic (exact) mass is 378 g/mol. The molecule has 3 aliphatic rings. The number of nitrogens with zero attached hydrogens (tertiary/aromatic N) is 2. The number of anilines is 2. The van der Waals surface area contributed by atoms with E-state index in [9.17, 15) is 0 Å². The summed E-state index contributed by atoms with van der Waals surface area (Å²) in [6.45, 7) is 15.4. The van der Waals surface area contributed by atoms with Gasteiger partial charge in [0.05, 0.1) is 11.4 Å². The van der Waals surface area contributed by atoms with Gasteiger partial charge in [-0.25, -0.2) is 0 Å². The number of ether oxygens (including phenoxy) is 2. The summed E-state index contributed by atoms with van der Waals surface area (Å²) in [4.78, 5) is 4.75. The van der Waals surface area contributed by atoms with Crippen molar-refractivity contribution in [2.75, 3.05) is 22.9 Å². The van der Waals surface area contributed by atoms with Gasteiger partial charge in [0.25, 0.3) is 0 Å². The Morgan fingerprint density at radius 2 is 1.07 bits per heavy atom. The summed E-state index contributed by atoms with van der Waals surface area (Å²) >= 11 is 0. The van der Waals surface area contributed by atoms with Gasteiger partial charge in [0, 0.05) is 13.1 Å². The minimum atomic E-state index is -0.107. The predicted molar refractivity (Wildman–Crippen MR) is 114 cm³/mol. The van der Waals surface area contributed by atoms with Crippen LogP contribution in [0.2, 0.25) is 0 Å². The quantitative estimate of drug-likeness (QED) is 0.641. The highest BCUT2D eigenvalue weighted by Crippen LogP contribution is 2.48. The maximum absolute atomic E-state index is 6.38. The van der Waals surface area contributed by atoms with Crippen molar-refractivity contribution in [1.29, 1.82) is 0 Å². The second-order valence-electron chi connectivity index (χ2n) is 10.3. The summed E-state index contributed by atoms with van der Waals surface area (Å²) in [5.41, 5.74) is 5.32. The van der Waals surface area contributed by atoms with Crippen molar-refractivity contribution in [3.63, 3.8) is 0 Å². The summed E-state index contributed by atoms with van der Waals surface area (Å²) < 4.78 is 12.8. The lowest BCUT2D eigenvalue weighted by Gasteiger charge is -2.40. The average molecular weight is 379 g/mol. The van der Waals surface area contributed by atoms with Gasteiger partial charge in [0.15, 0.2) is 0 Å². The van der Waals surface area contributed by atoms with Crippen LogP contribution in [0.15, 0.2) is 36.4 Å². The van der Waals surface area contributed by atoms with Crippen molar-refractivity contribution < 1.29 is 9.47 Å². The first-order chi connectivity index (χ1) is 13.1. The number of rotatable bonds is 0. The molecule has 1 saturated heterocycles. The van der Waals surface area contributed by atoms with Gasteiger partial charge >= 0.3 is 0 Å². The van der Waals surface area contributed by atoms with Crippen LogP contribution in [0.4, 0.5) is 11.4 Å². The van der Waals surface area contributed by atoms with Crippen molar-refractivity contribution in [3.8, 4) is 11.5 Å². The van der Waals surface area contributed by atoms with Gasteiger partial charge in [-0.05, 0) is 46.2 Å². The number of hydrogen-bond donors (Lipinski definition) is 0. The first-order valence-corrected chi connectivity index (χ1v) is 10.3. The molecule has 5 rings (SSSR count). The molecule has 0 radical (unpaired) electrons. The molecule has 2 aromatic rings. The van der Waals surface area contributed by atoms with Gasteiger partial charge < -0.3 is 19.3 Å². The molecule has 4 heteroatoms. The SMILES string of the molecule is CC(C)(C)c1ccc2c(c1)N1CCN3c4cc(C(C)(C)C)ccc4O[C@H]3[C@@H]1O2. The maximum atomic E-state index is 6.38. The van der Waals surface area contributed by atoms with E-state index in [4.69, 9.17) is 9.47 Å². The molecule has 4 nitrogen and oxygen atoms in total. The van der Waals surface area contributed by atoms with E-state index >= 15 is 0 Å². The second kappa shape index (κ2) is 5.59. The molecular formula is C24H30N2O2. The Bertz CT molecular complexity index is 861. The van der Waals surface area contributed by atoms with Crippen LogP contribution in [-0.2, 0) is 10.8 Å². The average Bonchev–Trinajstić information content (AvgIpc) is 3.17. The van der Waals surface area contributed by atoms with Crippen LogP contribution in [-0.4, -0.2) is 25.5 Å². The zero-order chi connectivity index (χ0) is 19.8. The zero-order valence-corrected chi connectivity index (χ0v) is 17.7. The van der Waals surface area contributed by atoms with Crippen molar-refractivity contribution in [1.82, 2.24) is 0 Å². The molecule has 0 amide bonds. The third-order valence-corrected chi connectivity index (χ3v) is 6.20. The third-order valence-electron chi connectivity index (χ3n) is 6.20. The molecule has 0 spiro atoms. The van der Waals surface area contributed by atoms with Crippen molar-refractivity contribution in [2.24, 2.45) is 0 Å². The van der Waals surface area contributed by atoms with Crippen molar-refractivity contribution >= 4 is 11.4 Å². The van der Waals surface area contributed by atoms with Crippen LogP contribution in [0.25, 0.3) is 0 Å². The summed E-state index contributed by atoms with van der Waals surface area (Å²) in [6, 6.07) is 13.2. The lowest BCUT2D eigenvalue weighted by Crippen LogP contribution is -2.60. The minimum absolute atomic E-state index is 0.107. The van der Waals surface area contributed by atoms with Crippen LogP contribution >= 0.6 is 0 Å². The lowest BCUT2D eigenvalue weighted by atomic mass is 9.86. The maximum Gasteiger partial charge on any atom is 0.229 e. The molecule has 28 heavy (non-hydrogen) atoms. The molecule has 0 bridgehead atoms. The Labute approximate surface area is 168 Å². The number of piperazine rings is 1. The van der Waals surface area contributed by atoms with Crippen LogP contribution < -0.4 is 19.3 Å². The Morgan fingerprint density at radius 1 is 0.679 bits per heavy atom. The van der Waals surface area contributed by atoms with Gasteiger partial charge in [0.2, 0.25) is 12.5 Å². The molecule has 0 aromatic heterocycles. The predicted octanol–water partition coefficient (Wildman–Crippen LogP) is 5.05.